The zero-order chi connectivity index (χ0) is 14.0. The maximum absolute atomic E-state index is 6.01. The van der Waals surface area contributed by atoms with Crippen LogP contribution in [-0.2, 0) is 7.05 Å². The molecule has 0 radical (unpaired) electrons. The fraction of sp³-hybridized carbons (Fsp3) is 0.200. The van der Waals surface area contributed by atoms with E-state index in [-0.39, 0.29) is 0 Å². The molecule has 0 aliphatic rings. The molecule has 0 amide bonds. The molecule has 0 unspecified atom stereocenters. The molecule has 2 aromatic rings. The molecule has 0 fully saturated rings. The van der Waals surface area contributed by atoms with Crippen LogP contribution < -0.4 is 5.43 Å². The number of rotatable bonds is 3. The van der Waals surface area contributed by atoms with Gasteiger partial charge >= 0.3 is 0 Å². The van der Waals surface area contributed by atoms with E-state index >= 15 is 0 Å². The van der Waals surface area contributed by atoms with Gasteiger partial charge in [-0.1, -0.05) is 23.2 Å². The summed E-state index contributed by atoms with van der Waals surface area (Å²) >= 11 is 15.2. The Bertz CT molecular complexity index is 639. The van der Waals surface area contributed by atoms with Gasteiger partial charge in [-0.05, 0) is 22.9 Å². The van der Waals surface area contributed by atoms with Gasteiger partial charge in [0.1, 0.15) is 22.9 Å². The molecule has 0 atom stereocenters. The Morgan fingerprint density at radius 3 is 2.79 bits per heavy atom. The molecule has 6 nitrogen and oxygen atoms in total. The summed E-state index contributed by atoms with van der Waals surface area (Å²) in [5.41, 5.74) is 4.68. The van der Waals surface area contributed by atoms with E-state index in [1.807, 2.05) is 0 Å². The number of hydrogen-bond donors (Lipinski definition) is 1. The Hall–Kier alpha value is -1.18. The van der Waals surface area contributed by atoms with Gasteiger partial charge in [0.05, 0.1) is 16.4 Å². The van der Waals surface area contributed by atoms with Crippen LogP contribution in [0.25, 0.3) is 0 Å². The lowest BCUT2D eigenvalue weighted by molar-refractivity contribution is 0.769. The first-order valence-electron chi connectivity index (χ1n) is 5.15. The molecular formula is C10H9BrCl2N6. The molecule has 0 spiro atoms. The van der Waals surface area contributed by atoms with Crippen molar-refractivity contribution < 1.29 is 0 Å². The van der Waals surface area contributed by atoms with Crippen molar-refractivity contribution >= 4 is 50.5 Å². The minimum Gasteiger partial charge on any atom is -0.273 e. The molecule has 2 heterocycles. The average Bonchev–Trinajstić information content (AvgIpc) is 2.70. The number of anilines is 1. The summed E-state index contributed by atoms with van der Waals surface area (Å²) in [6, 6.07) is 0. The zero-order valence-electron chi connectivity index (χ0n) is 10.0. The Morgan fingerprint density at radius 1 is 1.42 bits per heavy atom. The Labute approximate surface area is 128 Å². The number of nitrogens with zero attached hydrogens (tertiary/aromatic N) is 5. The molecule has 0 saturated heterocycles. The monoisotopic (exact) mass is 362 g/mol. The van der Waals surface area contributed by atoms with Crippen LogP contribution >= 0.6 is 39.1 Å². The number of hydrogen-bond acceptors (Lipinski definition) is 5. The van der Waals surface area contributed by atoms with Crippen molar-refractivity contribution in [2.24, 2.45) is 12.1 Å². The molecule has 100 valence electrons. The van der Waals surface area contributed by atoms with E-state index in [4.69, 9.17) is 23.2 Å². The van der Waals surface area contributed by atoms with Crippen LogP contribution in [0, 0.1) is 0 Å². The summed E-state index contributed by atoms with van der Waals surface area (Å²) in [5.74, 6) is 0. The average molecular weight is 364 g/mol. The quantitative estimate of drug-likeness (QED) is 0.516. The third kappa shape index (κ3) is 3.05. The van der Waals surface area contributed by atoms with E-state index in [9.17, 15) is 0 Å². The SMILES string of the molecule is C/C(=N\Nc1cnn(C)c1Cl)c1ncnc(Cl)c1Br. The maximum Gasteiger partial charge on any atom is 0.151 e. The second-order valence-corrected chi connectivity index (χ2v) is 5.12. The summed E-state index contributed by atoms with van der Waals surface area (Å²) in [6.45, 7) is 1.79. The van der Waals surface area contributed by atoms with Crippen LogP contribution in [0.2, 0.25) is 10.3 Å². The maximum atomic E-state index is 6.01. The number of aryl methyl sites for hydroxylation is 1. The minimum atomic E-state index is 0.332. The van der Waals surface area contributed by atoms with E-state index in [0.717, 1.165) is 0 Å². The van der Waals surface area contributed by atoms with Crippen LogP contribution in [0.15, 0.2) is 22.1 Å². The van der Waals surface area contributed by atoms with Gasteiger partial charge in [0.2, 0.25) is 0 Å². The van der Waals surface area contributed by atoms with E-state index in [0.29, 0.717) is 31.9 Å². The van der Waals surface area contributed by atoms with Crippen LogP contribution in [0.3, 0.4) is 0 Å². The summed E-state index contributed by atoms with van der Waals surface area (Å²) in [4.78, 5) is 7.97. The molecule has 9 heteroatoms. The third-order valence-electron chi connectivity index (χ3n) is 2.30. The first kappa shape index (κ1) is 14.2. The predicted molar refractivity (Wildman–Crippen MR) is 78.8 cm³/mol. The number of aromatic nitrogens is 4. The highest BCUT2D eigenvalue weighted by Crippen LogP contribution is 2.23. The predicted octanol–water partition coefficient (Wildman–Crippen LogP) is 3.12. The highest BCUT2D eigenvalue weighted by molar-refractivity contribution is 9.10. The lowest BCUT2D eigenvalue weighted by Gasteiger charge is -2.04. The van der Waals surface area contributed by atoms with E-state index in [1.54, 1.807) is 20.2 Å². The molecule has 2 aromatic heterocycles. The summed E-state index contributed by atoms with van der Waals surface area (Å²) < 4.78 is 2.13. The topological polar surface area (TPSA) is 68.0 Å². The highest BCUT2D eigenvalue weighted by atomic mass is 79.9. The Kier molecular flexibility index (Phi) is 4.38. The van der Waals surface area contributed by atoms with Gasteiger partial charge in [0.25, 0.3) is 0 Å². The molecule has 0 bridgehead atoms. The molecule has 0 aromatic carbocycles. The molecule has 0 aliphatic heterocycles. The van der Waals surface area contributed by atoms with Crippen molar-refractivity contribution in [3.8, 4) is 0 Å². The Morgan fingerprint density at radius 2 is 2.16 bits per heavy atom. The van der Waals surface area contributed by atoms with Gasteiger partial charge in [-0.3, -0.25) is 10.1 Å². The fourth-order valence-corrected chi connectivity index (χ4v) is 2.05. The van der Waals surface area contributed by atoms with Crippen LogP contribution in [0.5, 0.6) is 0 Å². The van der Waals surface area contributed by atoms with Gasteiger partial charge in [-0.2, -0.15) is 10.2 Å². The molecular weight excluding hydrogens is 355 g/mol. The zero-order valence-corrected chi connectivity index (χ0v) is 13.1. The van der Waals surface area contributed by atoms with Gasteiger partial charge in [-0.25, -0.2) is 9.97 Å². The van der Waals surface area contributed by atoms with Crippen LogP contribution in [-0.4, -0.2) is 25.5 Å². The fourth-order valence-electron chi connectivity index (χ4n) is 1.30. The number of nitrogens with one attached hydrogen (secondary N) is 1. The molecule has 2 rings (SSSR count). The minimum absolute atomic E-state index is 0.332. The molecule has 0 aliphatic carbocycles. The Balaban J connectivity index is 2.24. The normalized spacial score (nSPS) is 11.7. The second kappa shape index (κ2) is 5.85. The van der Waals surface area contributed by atoms with Crippen molar-refractivity contribution in [3.63, 3.8) is 0 Å². The summed E-state index contributed by atoms with van der Waals surface area (Å²) in [6.07, 6.45) is 2.96. The van der Waals surface area contributed by atoms with Crippen molar-refractivity contribution in [2.75, 3.05) is 5.43 Å². The van der Waals surface area contributed by atoms with E-state index in [1.165, 1.54) is 11.0 Å². The van der Waals surface area contributed by atoms with Gasteiger partial charge < -0.3 is 0 Å². The van der Waals surface area contributed by atoms with Gasteiger partial charge in [0.15, 0.2) is 5.15 Å². The third-order valence-corrected chi connectivity index (χ3v) is 4.01. The van der Waals surface area contributed by atoms with E-state index in [2.05, 4.69) is 41.5 Å². The second-order valence-electron chi connectivity index (χ2n) is 3.61. The standard InChI is InChI=1S/C10H9BrCl2N6/c1-5(8-7(11)9(12)15-4-14-8)17-18-6-3-16-19(2)10(6)13/h3-4,18H,1-2H3/b17-5+. The molecule has 19 heavy (non-hydrogen) atoms. The van der Waals surface area contributed by atoms with Crippen LogP contribution in [0.1, 0.15) is 12.6 Å². The van der Waals surface area contributed by atoms with Gasteiger partial charge in [-0.15, -0.1) is 0 Å². The lowest BCUT2D eigenvalue weighted by Crippen LogP contribution is -2.04. The van der Waals surface area contributed by atoms with Crippen molar-refractivity contribution in [1.82, 2.24) is 19.7 Å². The van der Waals surface area contributed by atoms with Crippen LogP contribution in [0.4, 0.5) is 5.69 Å². The molecule has 0 saturated carbocycles. The lowest BCUT2D eigenvalue weighted by atomic mass is 10.3. The van der Waals surface area contributed by atoms with Crippen molar-refractivity contribution in [1.29, 1.82) is 0 Å². The van der Waals surface area contributed by atoms with Crippen molar-refractivity contribution in [3.05, 3.63) is 33.0 Å². The molecule has 1 N–H and O–H groups in total. The first-order chi connectivity index (χ1) is 9.00. The summed E-state index contributed by atoms with van der Waals surface area (Å²) in [5, 5.41) is 8.99. The number of halogens is 3. The highest BCUT2D eigenvalue weighted by Gasteiger charge is 2.10. The summed E-state index contributed by atoms with van der Waals surface area (Å²) in [7, 11) is 1.74. The largest absolute Gasteiger partial charge is 0.273 e. The van der Waals surface area contributed by atoms with Gasteiger partial charge in [0, 0.05) is 7.05 Å². The smallest absolute Gasteiger partial charge is 0.151 e. The number of hydrazone groups is 1. The van der Waals surface area contributed by atoms with Crippen molar-refractivity contribution in [2.45, 2.75) is 6.92 Å². The van der Waals surface area contributed by atoms with E-state index < -0.39 is 0 Å². The first-order valence-corrected chi connectivity index (χ1v) is 6.69.